The van der Waals surface area contributed by atoms with Crippen molar-refractivity contribution in [3.05, 3.63) is 65.2 Å². The van der Waals surface area contributed by atoms with Crippen LogP contribution in [0, 0.1) is 12.8 Å². The molecule has 1 saturated heterocycles. The first kappa shape index (κ1) is 20.0. The van der Waals surface area contributed by atoms with Gasteiger partial charge >= 0.3 is 0 Å². The second kappa shape index (κ2) is 9.00. The molecule has 2 aliphatic rings. The largest absolute Gasteiger partial charge is 0.493 e. The maximum absolute atomic E-state index is 13.1. The van der Waals surface area contributed by atoms with Gasteiger partial charge in [0.05, 0.1) is 6.61 Å². The molecule has 0 bridgehead atoms. The van der Waals surface area contributed by atoms with Crippen LogP contribution in [0.25, 0.3) is 0 Å². The van der Waals surface area contributed by atoms with Crippen LogP contribution in [0.1, 0.15) is 47.2 Å². The van der Waals surface area contributed by atoms with Crippen molar-refractivity contribution in [3.63, 3.8) is 0 Å². The summed E-state index contributed by atoms with van der Waals surface area (Å²) in [6.07, 6.45) is 4.69. The van der Waals surface area contributed by atoms with Gasteiger partial charge in [0, 0.05) is 30.6 Å². The van der Waals surface area contributed by atoms with Gasteiger partial charge in [0.15, 0.2) is 0 Å². The van der Waals surface area contributed by atoms with E-state index in [9.17, 15) is 4.79 Å². The predicted molar refractivity (Wildman–Crippen MR) is 116 cm³/mol. The standard InChI is InChI=1S/C25H32N2O2/c1-19-8-10-22(11-9-19)25(28)27(23-12-13-23)17-20-5-3-7-24(15-20)29-18-21-6-4-14-26(2)16-21/h3,5,7-11,15,21,23H,4,6,12-14,16-18H2,1-2H3. The first-order chi connectivity index (χ1) is 14.1. The molecule has 29 heavy (non-hydrogen) atoms. The molecule has 0 N–H and O–H groups in total. The van der Waals surface area contributed by atoms with E-state index < -0.39 is 0 Å². The minimum Gasteiger partial charge on any atom is -0.493 e. The molecular weight excluding hydrogens is 360 g/mol. The molecule has 1 unspecified atom stereocenters. The first-order valence-electron chi connectivity index (χ1n) is 10.9. The van der Waals surface area contributed by atoms with Gasteiger partial charge in [-0.2, -0.15) is 0 Å². The number of hydrogen-bond acceptors (Lipinski definition) is 3. The highest BCUT2D eigenvalue weighted by Crippen LogP contribution is 2.30. The van der Waals surface area contributed by atoms with Crippen LogP contribution >= 0.6 is 0 Å². The van der Waals surface area contributed by atoms with Crippen molar-refractivity contribution >= 4 is 5.91 Å². The molecule has 2 aromatic carbocycles. The lowest BCUT2D eigenvalue weighted by Crippen LogP contribution is -2.34. The van der Waals surface area contributed by atoms with Crippen LogP contribution in [0.4, 0.5) is 0 Å². The summed E-state index contributed by atoms with van der Waals surface area (Å²) in [5.41, 5.74) is 3.08. The summed E-state index contributed by atoms with van der Waals surface area (Å²) >= 11 is 0. The normalized spacial score (nSPS) is 19.7. The van der Waals surface area contributed by atoms with E-state index in [0.29, 0.717) is 18.5 Å². The Bertz CT molecular complexity index is 829. The molecule has 0 spiro atoms. The van der Waals surface area contributed by atoms with Crippen molar-refractivity contribution in [2.75, 3.05) is 26.7 Å². The second-order valence-corrected chi connectivity index (χ2v) is 8.76. The van der Waals surface area contributed by atoms with Gasteiger partial charge in [0.2, 0.25) is 0 Å². The Labute approximate surface area is 174 Å². The lowest BCUT2D eigenvalue weighted by molar-refractivity contribution is 0.0729. The van der Waals surface area contributed by atoms with E-state index in [1.807, 2.05) is 48.2 Å². The lowest BCUT2D eigenvalue weighted by Gasteiger charge is -2.29. The monoisotopic (exact) mass is 392 g/mol. The van der Waals surface area contributed by atoms with Gasteiger partial charge in [-0.3, -0.25) is 4.79 Å². The van der Waals surface area contributed by atoms with E-state index in [4.69, 9.17) is 4.74 Å². The van der Waals surface area contributed by atoms with Gasteiger partial charge in [-0.1, -0.05) is 29.8 Å². The minimum absolute atomic E-state index is 0.129. The molecule has 1 aliphatic heterocycles. The molecule has 4 rings (SSSR count). The number of rotatable bonds is 7. The van der Waals surface area contributed by atoms with Crippen molar-refractivity contribution in [2.45, 2.75) is 45.2 Å². The highest BCUT2D eigenvalue weighted by Gasteiger charge is 2.33. The Morgan fingerprint density at radius 1 is 1.14 bits per heavy atom. The minimum atomic E-state index is 0.129. The molecule has 154 valence electrons. The molecule has 2 aromatic rings. The maximum atomic E-state index is 13.1. The zero-order chi connectivity index (χ0) is 20.2. The van der Waals surface area contributed by atoms with Crippen LogP contribution in [0.5, 0.6) is 5.75 Å². The highest BCUT2D eigenvalue weighted by atomic mass is 16.5. The number of carbonyl (C=O) groups excluding carboxylic acids is 1. The fourth-order valence-electron chi connectivity index (χ4n) is 4.17. The van der Waals surface area contributed by atoms with Gasteiger partial charge in [-0.05, 0) is 76.0 Å². The second-order valence-electron chi connectivity index (χ2n) is 8.76. The highest BCUT2D eigenvalue weighted by molar-refractivity contribution is 5.94. The number of likely N-dealkylation sites (tertiary alicyclic amines) is 1. The predicted octanol–water partition coefficient (Wildman–Crippen LogP) is 4.52. The van der Waals surface area contributed by atoms with Crippen LogP contribution in [-0.2, 0) is 6.54 Å². The smallest absolute Gasteiger partial charge is 0.254 e. The zero-order valence-electron chi connectivity index (χ0n) is 17.6. The van der Waals surface area contributed by atoms with Crippen LogP contribution in [0.15, 0.2) is 48.5 Å². The van der Waals surface area contributed by atoms with Crippen LogP contribution in [0.2, 0.25) is 0 Å². The number of amides is 1. The Balaban J connectivity index is 1.40. The average Bonchev–Trinajstić information content (AvgIpc) is 3.56. The summed E-state index contributed by atoms with van der Waals surface area (Å²) in [7, 11) is 2.18. The summed E-state index contributed by atoms with van der Waals surface area (Å²) in [4.78, 5) is 17.5. The van der Waals surface area contributed by atoms with Crippen LogP contribution in [-0.4, -0.2) is 48.5 Å². The van der Waals surface area contributed by atoms with Crippen LogP contribution in [0.3, 0.4) is 0 Å². The quantitative estimate of drug-likeness (QED) is 0.694. The molecule has 1 atom stereocenters. The van der Waals surface area contributed by atoms with Gasteiger partial charge in [-0.25, -0.2) is 0 Å². The molecule has 1 amide bonds. The maximum Gasteiger partial charge on any atom is 0.254 e. The first-order valence-corrected chi connectivity index (χ1v) is 10.9. The third-order valence-electron chi connectivity index (χ3n) is 6.01. The van der Waals surface area contributed by atoms with Gasteiger partial charge in [0.25, 0.3) is 5.91 Å². The van der Waals surface area contributed by atoms with E-state index in [1.165, 1.54) is 24.9 Å². The average molecular weight is 393 g/mol. The number of carbonyl (C=O) groups is 1. The van der Waals surface area contributed by atoms with E-state index in [-0.39, 0.29) is 5.91 Å². The number of ether oxygens (including phenoxy) is 1. The fourth-order valence-corrected chi connectivity index (χ4v) is 4.17. The Kier molecular flexibility index (Phi) is 6.19. The fraction of sp³-hybridized carbons (Fsp3) is 0.480. The number of nitrogens with zero attached hydrogens (tertiary/aromatic N) is 2. The third-order valence-corrected chi connectivity index (χ3v) is 6.01. The van der Waals surface area contributed by atoms with Crippen molar-refractivity contribution in [1.82, 2.24) is 9.80 Å². The van der Waals surface area contributed by atoms with Crippen molar-refractivity contribution in [2.24, 2.45) is 5.92 Å². The van der Waals surface area contributed by atoms with Crippen molar-refractivity contribution in [1.29, 1.82) is 0 Å². The van der Waals surface area contributed by atoms with Gasteiger partial charge < -0.3 is 14.5 Å². The SMILES string of the molecule is Cc1ccc(C(=O)N(Cc2cccc(OCC3CCCN(C)C3)c2)C2CC2)cc1. The molecule has 1 aliphatic carbocycles. The van der Waals surface area contributed by atoms with Crippen molar-refractivity contribution in [3.8, 4) is 5.75 Å². The summed E-state index contributed by atoms with van der Waals surface area (Å²) in [5.74, 6) is 1.64. The molecule has 1 saturated carbocycles. The Hall–Kier alpha value is -2.33. The zero-order valence-corrected chi connectivity index (χ0v) is 17.6. The molecule has 2 fully saturated rings. The number of hydrogen-bond donors (Lipinski definition) is 0. The number of benzene rings is 2. The number of aryl methyl sites for hydroxylation is 1. The molecule has 0 radical (unpaired) electrons. The topological polar surface area (TPSA) is 32.8 Å². The van der Waals surface area contributed by atoms with Crippen molar-refractivity contribution < 1.29 is 9.53 Å². The van der Waals surface area contributed by atoms with Gasteiger partial charge in [-0.15, -0.1) is 0 Å². The van der Waals surface area contributed by atoms with E-state index in [0.717, 1.165) is 42.9 Å². The number of piperidine rings is 1. The van der Waals surface area contributed by atoms with Gasteiger partial charge in [0.1, 0.15) is 5.75 Å². The molecule has 4 heteroatoms. The summed E-state index contributed by atoms with van der Waals surface area (Å²) in [5, 5.41) is 0. The summed E-state index contributed by atoms with van der Waals surface area (Å²) in [6.45, 7) is 5.76. The lowest BCUT2D eigenvalue weighted by atomic mass is 9.99. The van der Waals surface area contributed by atoms with E-state index in [2.05, 4.69) is 24.1 Å². The molecule has 4 nitrogen and oxygen atoms in total. The van der Waals surface area contributed by atoms with Crippen LogP contribution < -0.4 is 4.74 Å². The summed E-state index contributed by atoms with van der Waals surface area (Å²) in [6, 6.07) is 16.5. The van der Waals surface area contributed by atoms with E-state index >= 15 is 0 Å². The Morgan fingerprint density at radius 2 is 1.93 bits per heavy atom. The summed E-state index contributed by atoms with van der Waals surface area (Å²) < 4.78 is 6.12. The molecule has 0 aromatic heterocycles. The van der Waals surface area contributed by atoms with E-state index in [1.54, 1.807) is 0 Å². The molecular formula is C25H32N2O2. The Morgan fingerprint density at radius 3 is 2.66 bits per heavy atom. The molecule has 1 heterocycles. The third kappa shape index (κ3) is 5.39.